The molecule has 2 heterocycles. The number of imidazole rings is 1. The van der Waals surface area contributed by atoms with Gasteiger partial charge >= 0.3 is 0 Å². The van der Waals surface area contributed by atoms with Crippen LogP contribution >= 0.6 is 0 Å². The molecule has 0 fully saturated rings. The van der Waals surface area contributed by atoms with E-state index in [4.69, 9.17) is 4.98 Å². The van der Waals surface area contributed by atoms with Crippen molar-refractivity contribution in [2.75, 3.05) is 0 Å². The Bertz CT molecular complexity index is 2220. The Morgan fingerprint density at radius 2 is 1.60 bits per heavy atom. The monoisotopic (exact) mass is 554 g/mol. The van der Waals surface area contributed by atoms with E-state index < -0.39 is 0 Å². The molecule has 2 aromatic heterocycles. The number of benzene rings is 4. The molecule has 1 unspecified atom stereocenters. The molecule has 43 heavy (non-hydrogen) atoms. The summed E-state index contributed by atoms with van der Waals surface area (Å²) >= 11 is 0. The summed E-state index contributed by atoms with van der Waals surface area (Å²) in [5.41, 5.74) is 12.9. The van der Waals surface area contributed by atoms with Gasteiger partial charge in [0, 0.05) is 22.4 Å². The van der Waals surface area contributed by atoms with Crippen LogP contribution in [0, 0.1) is 0 Å². The van der Waals surface area contributed by atoms with Gasteiger partial charge in [-0.15, -0.1) is 0 Å². The molecule has 0 radical (unpaired) electrons. The van der Waals surface area contributed by atoms with E-state index in [0.29, 0.717) is 11.4 Å². The van der Waals surface area contributed by atoms with Gasteiger partial charge < -0.3 is 0 Å². The molecule has 0 bridgehead atoms. The number of hydrogen-bond acceptors (Lipinski definition) is 2. The maximum Gasteiger partial charge on any atom is 0.264 e. The molecule has 0 saturated heterocycles. The standard InChI is InChI=1S/C40H30N2O/c1-3-14-30-29(4-2)40(43)42-38-34(30)24-33-31-21-11-12-22-32(31)35(28-20-13-19-27(23-28)25-15-7-5-8-16-25)36(33)37(38)41-39(42)26-17-9-6-10-18-26/h3-12,14-18,20-24,35H,2,13,19H2,1H3/b14-3-. The molecule has 0 spiro atoms. The fourth-order valence-corrected chi connectivity index (χ4v) is 7.20. The Labute approximate surface area is 250 Å². The Morgan fingerprint density at radius 3 is 2.35 bits per heavy atom. The second kappa shape index (κ2) is 9.92. The molecule has 6 aromatic rings. The second-order valence-corrected chi connectivity index (χ2v) is 11.4. The predicted molar refractivity (Wildman–Crippen MR) is 179 cm³/mol. The van der Waals surface area contributed by atoms with Gasteiger partial charge in [-0.05, 0) is 70.4 Å². The number of aromatic nitrogens is 2. The molecule has 8 rings (SSSR count). The van der Waals surface area contributed by atoms with Crippen molar-refractivity contribution >= 4 is 34.1 Å². The lowest BCUT2D eigenvalue weighted by atomic mass is 9.82. The van der Waals surface area contributed by atoms with Crippen molar-refractivity contribution in [3.63, 3.8) is 0 Å². The normalized spacial score (nSPS) is 16.0. The van der Waals surface area contributed by atoms with Gasteiger partial charge in [0.2, 0.25) is 0 Å². The van der Waals surface area contributed by atoms with Gasteiger partial charge in [0.25, 0.3) is 5.56 Å². The molecule has 206 valence electrons. The second-order valence-electron chi connectivity index (χ2n) is 11.4. The first-order valence-electron chi connectivity index (χ1n) is 14.9. The fourth-order valence-electron chi connectivity index (χ4n) is 7.20. The first-order chi connectivity index (χ1) is 21.2. The molecule has 0 aliphatic heterocycles. The minimum absolute atomic E-state index is 0.0243. The summed E-state index contributed by atoms with van der Waals surface area (Å²) in [4.78, 5) is 19.6. The first-order valence-corrected chi connectivity index (χ1v) is 14.9. The molecular weight excluding hydrogens is 524 g/mol. The maximum atomic E-state index is 14.2. The topological polar surface area (TPSA) is 34.4 Å². The Hall–Kier alpha value is -5.28. The molecule has 0 N–H and O–H groups in total. The predicted octanol–water partition coefficient (Wildman–Crippen LogP) is 9.54. The number of allylic oxidation sites excluding steroid dienone is 5. The minimum Gasteiger partial charge on any atom is -0.268 e. The smallest absolute Gasteiger partial charge is 0.264 e. The van der Waals surface area contributed by atoms with E-state index in [1.165, 1.54) is 39.0 Å². The number of pyridine rings is 1. The summed E-state index contributed by atoms with van der Waals surface area (Å²) in [5.74, 6) is 0.693. The first kappa shape index (κ1) is 25.4. The molecule has 4 aromatic carbocycles. The van der Waals surface area contributed by atoms with Crippen LogP contribution in [-0.2, 0) is 0 Å². The summed E-state index contributed by atoms with van der Waals surface area (Å²) in [7, 11) is 0. The van der Waals surface area contributed by atoms with Gasteiger partial charge in [-0.1, -0.05) is 122 Å². The zero-order valence-electron chi connectivity index (χ0n) is 24.0. The van der Waals surface area contributed by atoms with Gasteiger partial charge in [-0.2, -0.15) is 0 Å². The summed E-state index contributed by atoms with van der Waals surface area (Å²) < 4.78 is 1.82. The summed E-state index contributed by atoms with van der Waals surface area (Å²) in [6.45, 7) is 6.03. The van der Waals surface area contributed by atoms with Crippen molar-refractivity contribution in [2.24, 2.45) is 0 Å². The number of rotatable bonds is 5. The van der Waals surface area contributed by atoms with Crippen molar-refractivity contribution in [1.82, 2.24) is 9.38 Å². The minimum atomic E-state index is -0.0906. The average molecular weight is 555 g/mol. The van der Waals surface area contributed by atoms with E-state index in [9.17, 15) is 4.79 Å². The Kier molecular flexibility index (Phi) is 5.87. The molecule has 2 aliphatic carbocycles. The molecule has 0 saturated carbocycles. The van der Waals surface area contributed by atoms with Crippen molar-refractivity contribution in [3.8, 4) is 22.5 Å². The van der Waals surface area contributed by atoms with Crippen LogP contribution in [0.2, 0.25) is 0 Å². The fraction of sp³-hybridized carbons (Fsp3) is 0.100. The highest BCUT2D eigenvalue weighted by Crippen LogP contribution is 2.53. The van der Waals surface area contributed by atoms with Crippen LogP contribution in [0.4, 0.5) is 0 Å². The highest BCUT2D eigenvalue weighted by molar-refractivity contribution is 6.09. The third-order valence-corrected chi connectivity index (χ3v) is 9.01. The summed E-state index contributed by atoms with van der Waals surface area (Å²) in [6.07, 6.45) is 12.5. The number of fused-ring (bicyclic) bond motifs is 4. The van der Waals surface area contributed by atoms with E-state index in [0.717, 1.165) is 40.4 Å². The van der Waals surface area contributed by atoms with Crippen LogP contribution in [-0.4, -0.2) is 9.38 Å². The van der Waals surface area contributed by atoms with E-state index in [1.807, 2.05) is 53.8 Å². The van der Waals surface area contributed by atoms with E-state index in [2.05, 4.69) is 79.4 Å². The van der Waals surface area contributed by atoms with Crippen molar-refractivity contribution in [2.45, 2.75) is 25.7 Å². The molecule has 3 heteroatoms. The summed E-state index contributed by atoms with van der Waals surface area (Å²) in [6, 6.07) is 31.8. The average Bonchev–Trinajstić information content (AvgIpc) is 3.62. The van der Waals surface area contributed by atoms with Crippen LogP contribution in [0.15, 0.2) is 126 Å². The quantitative estimate of drug-likeness (QED) is 0.213. The highest BCUT2D eigenvalue weighted by Gasteiger charge is 2.36. The van der Waals surface area contributed by atoms with E-state index in [-0.39, 0.29) is 11.5 Å². The largest absolute Gasteiger partial charge is 0.268 e. The Balaban J connectivity index is 1.49. The molecule has 3 nitrogen and oxygen atoms in total. The van der Waals surface area contributed by atoms with Gasteiger partial charge in [-0.25, -0.2) is 4.98 Å². The lowest BCUT2D eigenvalue weighted by Gasteiger charge is -2.21. The van der Waals surface area contributed by atoms with E-state index >= 15 is 0 Å². The molecule has 1 atom stereocenters. The molecule has 0 amide bonds. The van der Waals surface area contributed by atoms with Crippen LogP contribution in [0.5, 0.6) is 0 Å². The van der Waals surface area contributed by atoms with Gasteiger partial charge in [0.1, 0.15) is 5.82 Å². The third kappa shape index (κ3) is 3.74. The highest BCUT2D eigenvalue weighted by atomic mass is 16.1. The lowest BCUT2D eigenvalue weighted by Crippen LogP contribution is -2.18. The molecule has 2 aliphatic rings. The van der Waals surface area contributed by atoms with Crippen molar-refractivity contribution in [3.05, 3.63) is 160 Å². The zero-order chi connectivity index (χ0) is 29.1. The van der Waals surface area contributed by atoms with Crippen LogP contribution in [0.25, 0.3) is 56.7 Å². The van der Waals surface area contributed by atoms with Gasteiger partial charge in [-0.3, -0.25) is 9.20 Å². The lowest BCUT2D eigenvalue weighted by molar-refractivity contribution is 0.953. The van der Waals surface area contributed by atoms with Gasteiger partial charge in [0.15, 0.2) is 0 Å². The summed E-state index contributed by atoms with van der Waals surface area (Å²) in [5, 5.41) is 1.02. The SMILES string of the molecule is C=Cc1c(/C=C\C)c2cc3c(c4nc(-c5ccccc5)n(c1=O)c24)C(C1=CCCC(c2ccccc2)=C1)c1ccccc1-3. The van der Waals surface area contributed by atoms with Gasteiger partial charge in [0.05, 0.1) is 11.0 Å². The number of nitrogens with zero attached hydrogens (tertiary/aromatic N) is 2. The molecular formula is C40H30N2O. The van der Waals surface area contributed by atoms with Crippen LogP contribution < -0.4 is 5.56 Å². The van der Waals surface area contributed by atoms with Crippen LogP contribution in [0.1, 0.15) is 53.5 Å². The zero-order valence-corrected chi connectivity index (χ0v) is 24.0. The van der Waals surface area contributed by atoms with Crippen molar-refractivity contribution < 1.29 is 0 Å². The van der Waals surface area contributed by atoms with Crippen molar-refractivity contribution in [1.29, 1.82) is 0 Å². The van der Waals surface area contributed by atoms with Crippen LogP contribution in [0.3, 0.4) is 0 Å². The third-order valence-electron chi connectivity index (χ3n) is 9.01. The maximum absolute atomic E-state index is 14.2. The number of hydrogen-bond donors (Lipinski definition) is 0. The Morgan fingerprint density at radius 1 is 0.884 bits per heavy atom. The van der Waals surface area contributed by atoms with E-state index in [1.54, 1.807) is 6.08 Å².